The number of hydrogen-bond donors (Lipinski definition) is 2. The van der Waals surface area contributed by atoms with E-state index in [1.165, 1.54) is 7.05 Å². The molecular weight excluding hydrogens is 330 g/mol. The second kappa shape index (κ2) is 7.94. The summed E-state index contributed by atoms with van der Waals surface area (Å²) in [6.07, 6.45) is -0.488. The Morgan fingerprint density at radius 1 is 1.15 bits per heavy atom. The predicted molar refractivity (Wildman–Crippen MR) is 98.6 cm³/mol. The molecule has 0 aliphatic carbocycles. The Hall–Kier alpha value is -3.66. The number of carbonyl (C=O) groups excluding carboxylic acids is 1. The molecule has 0 fully saturated rings. The summed E-state index contributed by atoms with van der Waals surface area (Å²) in [5, 5.41) is 14.7. The molecule has 1 heterocycles. The zero-order valence-corrected chi connectivity index (χ0v) is 14.2. The number of rotatable bonds is 5. The van der Waals surface area contributed by atoms with E-state index in [-0.39, 0.29) is 6.61 Å². The number of fused-ring (bicyclic) bond motifs is 1. The van der Waals surface area contributed by atoms with Crippen molar-refractivity contribution >= 4 is 22.9 Å². The van der Waals surface area contributed by atoms with Gasteiger partial charge in [0.05, 0.1) is 29.2 Å². The quantitative estimate of drug-likeness (QED) is 0.688. The lowest BCUT2D eigenvalue weighted by molar-refractivity contribution is 0.153. The highest BCUT2D eigenvalue weighted by atomic mass is 16.5. The molecule has 130 valence electrons. The molecule has 7 heteroatoms. The van der Waals surface area contributed by atoms with Crippen LogP contribution in [-0.2, 0) is 4.74 Å². The highest BCUT2D eigenvalue weighted by Gasteiger charge is 2.12. The van der Waals surface area contributed by atoms with E-state index >= 15 is 0 Å². The number of aromatic nitrogens is 2. The van der Waals surface area contributed by atoms with E-state index in [1.54, 1.807) is 12.1 Å². The molecule has 26 heavy (non-hydrogen) atoms. The molecule has 2 N–H and O–H groups in total. The van der Waals surface area contributed by atoms with Crippen LogP contribution >= 0.6 is 0 Å². The lowest BCUT2D eigenvalue weighted by Crippen LogP contribution is -2.22. The molecular formula is C19H17N5O2. The third-order valence-electron chi connectivity index (χ3n) is 3.67. The summed E-state index contributed by atoms with van der Waals surface area (Å²) in [6, 6.07) is 16.9. The van der Waals surface area contributed by atoms with Gasteiger partial charge in [0.2, 0.25) is 0 Å². The molecule has 1 amide bonds. The van der Waals surface area contributed by atoms with E-state index in [0.29, 0.717) is 23.6 Å². The minimum absolute atomic E-state index is 0.186. The van der Waals surface area contributed by atoms with Gasteiger partial charge in [0.25, 0.3) is 0 Å². The van der Waals surface area contributed by atoms with E-state index in [1.807, 2.05) is 36.4 Å². The topological polar surface area (TPSA) is 99.9 Å². The van der Waals surface area contributed by atoms with Gasteiger partial charge in [0.1, 0.15) is 12.3 Å². The first-order chi connectivity index (χ1) is 12.7. The van der Waals surface area contributed by atoms with Gasteiger partial charge < -0.3 is 15.4 Å². The van der Waals surface area contributed by atoms with Crippen LogP contribution in [0.5, 0.6) is 0 Å². The average Bonchev–Trinajstić information content (AvgIpc) is 2.70. The number of amides is 1. The molecule has 0 radical (unpaired) electrons. The van der Waals surface area contributed by atoms with Crippen molar-refractivity contribution in [2.24, 2.45) is 0 Å². The molecule has 3 aromatic rings. The number of benzene rings is 2. The van der Waals surface area contributed by atoms with E-state index < -0.39 is 6.09 Å². The summed E-state index contributed by atoms with van der Waals surface area (Å²) in [5.41, 5.74) is 3.49. The van der Waals surface area contributed by atoms with Crippen LogP contribution in [0, 0.1) is 11.3 Å². The van der Waals surface area contributed by atoms with Crippen LogP contribution in [0.2, 0.25) is 0 Å². The number of hydrogen-bond acceptors (Lipinski definition) is 6. The van der Waals surface area contributed by atoms with Gasteiger partial charge in [0.15, 0.2) is 5.82 Å². The van der Waals surface area contributed by atoms with Gasteiger partial charge in [-0.1, -0.05) is 24.3 Å². The summed E-state index contributed by atoms with van der Waals surface area (Å²) in [4.78, 5) is 20.5. The zero-order valence-electron chi connectivity index (χ0n) is 14.2. The molecule has 0 saturated heterocycles. The third-order valence-corrected chi connectivity index (χ3v) is 3.67. The van der Waals surface area contributed by atoms with Crippen molar-refractivity contribution in [3.05, 3.63) is 54.1 Å². The molecule has 0 spiro atoms. The Labute approximate surface area is 150 Å². The van der Waals surface area contributed by atoms with Crippen LogP contribution in [0.1, 0.15) is 5.56 Å². The van der Waals surface area contributed by atoms with Crippen LogP contribution in [-0.4, -0.2) is 36.3 Å². The van der Waals surface area contributed by atoms with E-state index in [9.17, 15) is 4.79 Å². The maximum atomic E-state index is 11.1. The summed E-state index contributed by atoms with van der Waals surface area (Å²) < 4.78 is 4.98. The minimum Gasteiger partial charge on any atom is -0.448 e. The summed E-state index contributed by atoms with van der Waals surface area (Å²) in [6.45, 7) is 0.567. The second-order valence-corrected chi connectivity index (χ2v) is 5.41. The van der Waals surface area contributed by atoms with Gasteiger partial charge in [-0.3, -0.25) is 0 Å². The van der Waals surface area contributed by atoms with E-state index in [0.717, 1.165) is 16.6 Å². The molecule has 3 rings (SSSR count). The first kappa shape index (κ1) is 17.2. The number of nitrogens with zero attached hydrogens (tertiary/aromatic N) is 3. The number of anilines is 1. The smallest absolute Gasteiger partial charge is 0.406 e. The molecule has 2 aromatic carbocycles. The first-order valence-electron chi connectivity index (χ1n) is 8.07. The van der Waals surface area contributed by atoms with Crippen LogP contribution in [0.4, 0.5) is 10.6 Å². The van der Waals surface area contributed by atoms with Crippen LogP contribution < -0.4 is 10.6 Å². The van der Waals surface area contributed by atoms with Crippen molar-refractivity contribution in [2.45, 2.75) is 0 Å². The van der Waals surface area contributed by atoms with Crippen molar-refractivity contribution in [3.63, 3.8) is 0 Å². The van der Waals surface area contributed by atoms with Gasteiger partial charge in [0, 0.05) is 12.6 Å². The zero-order chi connectivity index (χ0) is 18.4. The highest BCUT2D eigenvalue weighted by molar-refractivity contribution is 5.83. The average molecular weight is 347 g/mol. The third kappa shape index (κ3) is 3.87. The summed E-state index contributed by atoms with van der Waals surface area (Å²) >= 11 is 0. The number of carbonyl (C=O) groups is 1. The van der Waals surface area contributed by atoms with Crippen LogP contribution in [0.15, 0.2) is 48.5 Å². The molecule has 0 aliphatic heterocycles. The molecule has 0 atom stereocenters. The van der Waals surface area contributed by atoms with E-state index in [4.69, 9.17) is 15.0 Å². The Bertz CT molecular complexity index is 981. The van der Waals surface area contributed by atoms with Gasteiger partial charge in [-0.25, -0.2) is 14.8 Å². The fourth-order valence-electron chi connectivity index (χ4n) is 2.45. The largest absolute Gasteiger partial charge is 0.448 e. The normalized spacial score (nSPS) is 10.2. The molecule has 0 aliphatic rings. The maximum absolute atomic E-state index is 11.1. The Morgan fingerprint density at radius 2 is 1.92 bits per heavy atom. The van der Waals surface area contributed by atoms with Gasteiger partial charge in [-0.15, -0.1) is 0 Å². The first-order valence-corrected chi connectivity index (χ1v) is 8.07. The molecule has 0 unspecified atom stereocenters. The Morgan fingerprint density at radius 3 is 2.65 bits per heavy atom. The van der Waals surface area contributed by atoms with Crippen LogP contribution in [0.3, 0.4) is 0 Å². The van der Waals surface area contributed by atoms with Gasteiger partial charge >= 0.3 is 6.09 Å². The van der Waals surface area contributed by atoms with Crippen molar-refractivity contribution in [1.29, 1.82) is 5.26 Å². The Kier molecular flexibility index (Phi) is 5.25. The standard InChI is InChI=1S/C19H17N5O2/c1-21-19(25)26-10-9-22-18-17(14-6-4-5-13(11-14)12-20)23-15-7-2-3-8-16(15)24-18/h2-8,11H,9-10H2,1H3,(H,21,25)(H,22,24). The molecule has 1 aromatic heterocycles. The van der Waals surface area contributed by atoms with Gasteiger partial charge in [-0.2, -0.15) is 5.26 Å². The second-order valence-electron chi connectivity index (χ2n) is 5.41. The monoisotopic (exact) mass is 347 g/mol. The minimum atomic E-state index is -0.488. The SMILES string of the molecule is CNC(=O)OCCNc1nc2ccccc2nc1-c1cccc(C#N)c1. The number of para-hydroxylation sites is 2. The number of alkyl carbamates (subject to hydrolysis) is 1. The fourth-order valence-corrected chi connectivity index (χ4v) is 2.45. The lowest BCUT2D eigenvalue weighted by Gasteiger charge is -2.12. The highest BCUT2D eigenvalue weighted by Crippen LogP contribution is 2.27. The van der Waals surface area contributed by atoms with Crippen molar-refractivity contribution in [2.75, 3.05) is 25.5 Å². The number of nitriles is 1. The van der Waals surface area contributed by atoms with Crippen molar-refractivity contribution in [1.82, 2.24) is 15.3 Å². The van der Waals surface area contributed by atoms with Crippen LogP contribution in [0.25, 0.3) is 22.3 Å². The summed E-state index contributed by atoms with van der Waals surface area (Å²) in [5.74, 6) is 0.569. The van der Waals surface area contributed by atoms with Crippen molar-refractivity contribution in [3.8, 4) is 17.3 Å². The number of nitrogens with one attached hydrogen (secondary N) is 2. The predicted octanol–water partition coefficient (Wildman–Crippen LogP) is 2.94. The van der Waals surface area contributed by atoms with Crippen molar-refractivity contribution < 1.29 is 9.53 Å². The van der Waals surface area contributed by atoms with E-state index in [2.05, 4.69) is 21.7 Å². The Balaban J connectivity index is 1.94. The molecule has 0 saturated carbocycles. The fraction of sp³-hybridized carbons (Fsp3) is 0.158. The maximum Gasteiger partial charge on any atom is 0.406 e. The number of ether oxygens (including phenoxy) is 1. The summed E-state index contributed by atoms with van der Waals surface area (Å²) in [7, 11) is 1.50. The molecule has 0 bridgehead atoms. The molecule has 7 nitrogen and oxygen atoms in total. The lowest BCUT2D eigenvalue weighted by atomic mass is 10.1. The van der Waals surface area contributed by atoms with Gasteiger partial charge in [-0.05, 0) is 24.3 Å².